The van der Waals surface area contributed by atoms with Crippen molar-refractivity contribution < 1.29 is 14.7 Å². The SMILES string of the molecule is CC(C)(C)c1ccc(C(=O)NC(CC2CC2)C(=O)O)nc1. The zero-order valence-corrected chi connectivity index (χ0v) is 12.7. The smallest absolute Gasteiger partial charge is 0.326 e. The van der Waals surface area contributed by atoms with Gasteiger partial charge in [-0.15, -0.1) is 0 Å². The van der Waals surface area contributed by atoms with Crippen molar-refractivity contribution in [3.05, 3.63) is 29.6 Å². The van der Waals surface area contributed by atoms with Crippen molar-refractivity contribution in [2.75, 3.05) is 0 Å². The normalized spacial score (nSPS) is 16.3. The van der Waals surface area contributed by atoms with Gasteiger partial charge in [0.15, 0.2) is 0 Å². The zero-order chi connectivity index (χ0) is 15.6. The number of hydrogen-bond donors (Lipinski definition) is 2. The molecule has 1 amide bonds. The second kappa shape index (κ2) is 5.84. The van der Waals surface area contributed by atoms with Crippen molar-refractivity contribution in [1.29, 1.82) is 0 Å². The van der Waals surface area contributed by atoms with Crippen molar-refractivity contribution in [1.82, 2.24) is 10.3 Å². The van der Waals surface area contributed by atoms with Gasteiger partial charge in [0.25, 0.3) is 5.91 Å². The minimum atomic E-state index is -0.985. The number of nitrogens with zero attached hydrogens (tertiary/aromatic N) is 1. The predicted molar refractivity (Wildman–Crippen MR) is 79.2 cm³/mol. The Morgan fingerprint density at radius 1 is 1.38 bits per heavy atom. The maximum Gasteiger partial charge on any atom is 0.326 e. The van der Waals surface area contributed by atoms with Crippen molar-refractivity contribution in [2.24, 2.45) is 5.92 Å². The molecule has 1 heterocycles. The van der Waals surface area contributed by atoms with Crippen LogP contribution in [0.4, 0.5) is 0 Å². The number of amides is 1. The van der Waals surface area contributed by atoms with E-state index in [4.69, 9.17) is 5.11 Å². The Kier molecular flexibility index (Phi) is 4.30. The monoisotopic (exact) mass is 290 g/mol. The highest BCUT2D eigenvalue weighted by molar-refractivity contribution is 5.94. The van der Waals surface area contributed by atoms with Gasteiger partial charge >= 0.3 is 5.97 Å². The fourth-order valence-corrected chi connectivity index (χ4v) is 2.11. The lowest BCUT2D eigenvalue weighted by Crippen LogP contribution is -2.41. The fourth-order valence-electron chi connectivity index (χ4n) is 2.11. The van der Waals surface area contributed by atoms with Gasteiger partial charge in [0.05, 0.1) is 0 Å². The highest BCUT2D eigenvalue weighted by atomic mass is 16.4. The van der Waals surface area contributed by atoms with Gasteiger partial charge in [-0.1, -0.05) is 39.7 Å². The van der Waals surface area contributed by atoms with E-state index >= 15 is 0 Å². The number of nitrogens with one attached hydrogen (secondary N) is 1. The molecule has 1 fully saturated rings. The molecule has 1 aromatic rings. The Balaban J connectivity index is 2.03. The molecule has 5 nitrogen and oxygen atoms in total. The summed E-state index contributed by atoms with van der Waals surface area (Å²) in [5.41, 5.74) is 1.26. The van der Waals surface area contributed by atoms with Gasteiger partial charge in [-0.3, -0.25) is 9.78 Å². The molecule has 1 aromatic heterocycles. The molecule has 1 atom stereocenters. The van der Waals surface area contributed by atoms with Crippen molar-refractivity contribution in [3.8, 4) is 0 Å². The van der Waals surface area contributed by atoms with E-state index in [2.05, 4.69) is 31.1 Å². The molecule has 114 valence electrons. The molecule has 0 saturated heterocycles. The summed E-state index contributed by atoms with van der Waals surface area (Å²) in [5.74, 6) is -0.979. The number of rotatable bonds is 5. The molecular formula is C16H22N2O3. The molecule has 21 heavy (non-hydrogen) atoms. The van der Waals surface area contributed by atoms with Crippen LogP contribution < -0.4 is 5.32 Å². The van der Waals surface area contributed by atoms with E-state index in [1.165, 1.54) is 0 Å². The molecule has 1 aliphatic carbocycles. The van der Waals surface area contributed by atoms with Gasteiger partial charge in [-0.05, 0) is 29.4 Å². The first-order valence-corrected chi connectivity index (χ1v) is 7.27. The second-order valence-electron chi connectivity index (χ2n) is 6.73. The van der Waals surface area contributed by atoms with Crippen LogP contribution in [0.3, 0.4) is 0 Å². The third kappa shape index (κ3) is 4.28. The third-order valence-electron chi connectivity index (χ3n) is 3.73. The van der Waals surface area contributed by atoms with E-state index in [1.807, 2.05) is 6.07 Å². The Bertz CT molecular complexity index is 527. The maximum absolute atomic E-state index is 12.1. The Morgan fingerprint density at radius 2 is 2.05 bits per heavy atom. The average Bonchev–Trinajstić information content (AvgIpc) is 3.21. The van der Waals surface area contributed by atoms with E-state index in [-0.39, 0.29) is 11.1 Å². The first-order chi connectivity index (χ1) is 9.77. The zero-order valence-electron chi connectivity index (χ0n) is 12.7. The molecule has 2 N–H and O–H groups in total. The summed E-state index contributed by atoms with van der Waals surface area (Å²) in [5, 5.41) is 11.7. The summed E-state index contributed by atoms with van der Waals surface area (Å²) < 4.78 is 0. The Hall–Kier alpha value is -1.91. The molecule has 1 aliphatic rings. The van der Waals surface area contributed by atoms with E-state index in [1.54, 1.807) is 12.3 Å². The van der Waals surface area contributed by atoms with Gasteiger partial charge in [-0.2, -0.15) is 0 Å². The van der Waals surface area contributed by atoms with E-state index in [0.717, 1.165) is 18.4 Å². The molecule has 0 radical (unpaired) electrons. The number of carboxylic acid groups (broad SMARTS) is 1. The Morgan fingerprint density at radius 3 is 2.48 bits per heavy atom. The van der Waals surface area contributed by atoms with Gasteiger partial charge in [0.1, 0.15) is 11.7 Å². The summed E-state index contributed by atoms with van der Waals surface area (Å²) in [7, 11) is 0. The van der Waals surface area contributed by atoms with Crippen molar-refractivity contribution in [2.45, 2.75) is 51.5 Å². The lowest BCUT2D eigenvalue weighted by Gasteiger charge is -2.18. The standard InChI is InChI=1S/C16H22N2O3/c1-16(2,3)11-6-7-12(17-9-11)14(19)18-13(15(20)21)8-10-4-5-10/h6-7,9-10,13H,4-5,8H2,1-3H3,(H,18,19)(H,20,21). The number of pyridine rings is 1. The molecule has 1 saturated carbocycles. The predicted octanol–water partition coefficient (Wildman–Crippen LogP) is 2.36. The molecule has 0 aliphatic heterocycles. The molecule has 2 rings (SSSR count). The second-order valence-corrected chi connectivity index (χ2v) is 6.73. The molecular weight excluding hydrogens is 268 g/mol. The summed E-state index contributed by atoms with van der Waals surface area (Å²) in [6, 6.07) is 2.68. The van der Waals surface area contributed by atoms with Crippen LogP contribution in [-0.2, 0) is 10.2 Å². The minimum Gasteiger partial charge on any atom is -0.480 e. The van der Waals surface area contributed by atoms with Crippen molar-refractivity contribution in [3.63, 3.8) is 0 Å². The topological polar surface area (TPSA) is 79.3 Å². The summed E-state index contributed by atoms with van der Waals surface area (Å²) in [6.45, 7) is 6.21. The van der Waals surface area contributed by atoms with Crippen LogP contribution in [0.1, 0.15) is 56.1 Å². The first-order valence-electron chi connectivity index (χ1n) is 7.27. The average molecular weight is 290 g/mol. The van der Waals surface area contributed by atoms with Gasteiger partial charge in [-0.25, -0.2) is 4.79 Å². The summed E-state index contributed by atoms with van der Waals surface area (Å²) in [6.07, 6.45) is 4.28. The van der Waals surface area contributed by atoms with Crippen LogP contribution in [0.15, 0.2) is 18.3 Å². The highest BCUT2D eigenvalue weighted by Gasteiger charge is 2.30. The first kappa shape index (κ1) is 15.5. The molecule has 0 aromatic carbocycles. The van der Waals surface area contributed by atoms with Crippen LogP contribution in [-0.4, -0.2) is 28.0 Å². The maximum atomic E-state index is 12.1. The molecule has 1 unspecified atom stereocenters. The van der Waals surface area contributed by atoms with Crippen LogP contribution in [0.5, 0.6) is 0 Å². The lowest BCUT2D eigenvalue weighted by atomic mass is 9.88. The van der Waals surface area contributed by atoms with Crippen LogP contribution >= 0.6 is 0 Å². The number of aliphatic carboxylic acids is 1. The van der Waals surface area contributed by atoms with E-state index in [0.29, 0.717) is 12.3 Å². The fraction of sp³-hybridized carbons (Fsp3) is 0.562. The van der Waals surface area contributed by atoms with E-state index < -0.39 is 17.9 Å². The number of carbonyl (C=O) groups is 2. The number of hydrogen-bond acceptors (Lipinski definition) is 3. The van der Waals surface area contributed by atoms with Crippen LogP contribution in [0.25, 0.3) is 0 Å². The number of carbonyl (C=O) groups excluding carboxylic acids is 1. The number of aromatic nitrogens is 1. The molecule has 5 heteroatoms. The number of carboxylic acids is 1. The van der Waals surface area contributed by atoms with Crippen LogP contribution in [0.2, 0.25) is 0 Å². The van der Waals surface area contributed by atoms with Crippen molar-refractivity contribution >= 4 is 11.9 Å². The van der Waals surface area contributed by atoms with Crippen LogP contribution in [0, 0.1) is 5.92 Å². The third-order valence-corrected chi connectivity index (χ3v) is 3.73. The molecule has 0 bridgehead atoms. The van der Waals surface area contributed by atoms with Gasteiger partial charge in [0.2, 0.25) is 0 Å². The largest absolute Gasteiger partial charge is 0.480 e. The van der Waals surface area contributed by atoms with E-state index in [9.17, 15) is 9.59 Å². The lowest BCUT2D eigenvalue weighted by molar-refractivity contribution is -0.139. The highest BCUT2D eigenvalue weighted by Crippen LogP contribution is 2.33. The van der Waals surface area contributed by atoms with Gasteiger partial charge < -0.3 is 10.4 Å². The quantitative estimate of drug-likeness (QED) is 0.872. The molecule has 0 spiro atoms. The minimum absolute atomic E-state index is 0.0302. The summed E-state index contributed by atoms with van der Waals surface area (Å²) >= 11 is 0. The Labute approximate surface area is 124 Å². The summed E-state index contributed by atoms with van der Waals surface area (Å²) in [4.78, 5) is 27.4. The van der Waals surface area contributed by atoms with Gasteiger partial charge in [0, 0.05) is 6.20 Å².